The predicted octanol–water partition coefficient (Wildman–Crippen LogP) is 3.44. The molecule has 0 unspecified atom stereocenters. The molecule has 3 rings (SSSR count). The minimum atomic E-state index is 0. The molecule has 1 aromatic heterocycles. The normalized spacial score (nSPS) is 14.5. The number of methoxy groups -OCH3 is 1. The maximum Gasteiger partial charge on any atom is 0.196 e. The number of guanidine groups is 1. The number of halogens is 1. The number of hydrogen-bond donors (Lipinski definition) is 2. The van der Waals surface area contributed by atoms with Crippen molar-refractivity contribution in [3.8, 4) is 5.75 Å². The molecule has 8 nitrogen and oxygen atoms in total. The van der Waals surface area contributed by atoms with Crippen LogP contribution in [0.25, 0.3) is 0 Å². The van der Waals surface area contributed by atoms with E-state index in [4.69, 9.17) is 14.5 Å². The molecule has 0 saturated carbocycles. The van der Waals surface area contributed by atoms with E-state index >= 15 is 0 Å². The molecule has 2 aromatic rings. The number of aliphatic imine (C=N–C) groups is 1. The Labute approximate surface area is 214 Å². The van der Waals surface area contributed by atoms with Gasteiger partial charge in [0.25, 0.3) is 0 Å². The number of aromatic nitrogens is 1. The predicted molar refractivity (Wildman–Crippen MR) is 146 cm³/mol. The molecule has 0 bridgehead atoms. The van der Waals surface area contributed by atoms with E-state index in [1.165, 1.54) is 0 Å². The quantitative estimate of drug-likeness (QED) is 0.197. The molecule has 0 radical (unpaired) electrons. The molecule has 0 spiro atoms. The summed E-state index contributed by atoms with van der Waals surface area (Å²) in [6, 6.07) is 12.1. The van der Waals surface area contributed by atoms with Crippen molar-refractivity contribution in [3.05, 3.63) is 48.2 Å². The van der Waals surface area contributed by atoms with Gasteiger partial charge in [-0.25, -0.2) is 9.98 Å². The SMILES string of the molecule is CCNC(=NCc1ccc(N2CCN(C)CC2)nc1)Nc1cccc(OCCCOC)c1.I. The van der Waals surface area contributed by atoms with Gasteiger partial charge in [0, 0.05) is 70.8 Å². The number of anilines is 2. The minimum Gasteiger partial charge on any atom is -0.493 e. The van der Waals surface area contributed by atoms with Gasteiger partial charge in [-0.15, -0.1) is 24.0 Å². The van der Waals surface area contributed by atoms with Crippen LogP contribution in [0.15, 0.2) is 47.6 Å². The molecule has 1 aliphatic rings. The highest BCUT2D eigenvalue weighted by molar-refractivity contribution is 14.0. The zero-order chi connectivity index (χ0) is 22.6. The van der Waals surface area contributed by atoms with Crippen molar-refractivity contribution in [1.82, 2.24) is 15.2 Å². The third-order valence-corrected chi connectivity index (χ3v) is 5.26. The summed E-state index contributed by atoms with van der Waals surface area (Å²) in [6.07, 6.45) is 2.79. The summed E-state index contributed by atoms with van der Waals surface area (Å²) in [5, 5.41) is 6.66. The lowest BCUT2D eigenvalue weighted by molar-refractivity contribution is 0.172. The van der Waals surface area contributed by atoms with Crippen molar-refractivity contribution in [3.63, 3.8) is 0 Å². The fourth-order valence-electron chi connectivity index (χ4n) is 3.40. The minimum absolute atomic E-state index is 0. The van der Waals surface area contributed by atoms with Gasteiger partial charge in [-0.1, -0.05) is 12.1 Å². The number of nitrogens with one attached hydrogen (secondary N) is 2. The third kappa shape index (κ3) is 9.34. The van der Waals surface area contributed by atoms with Gasteiger partial charge >= 0.3 is 0 Å². The van der Waals surface area contributed by atoms with Crippen LogP contribution in [0, 0.1) is 0 Å². The molecule has 0 aliphatic carbocycles. The summed E-state index contributed by atoms with van der Waals surface area (Å²) in [4.78, 5) is 14.1. The highest BCUT2D eigenvalue weighted by Crippen LogP contribution is 2.18. The summed E-state index contributed by atoms with van der Waals surface area (Å²) in [6.45, 7) is 8.89. The summed E-state index contributed by atoms with van der Waals surface area (Å²) in [5.41, 5.74) is 2.01. The van der Waals surface area contributed by atoms with Crippen molar-refractivity contribution >= 4 is 41.4 Å². The lowest BCUT2D eigenvalue weighted by atomic mass is 10.2. The smallest absolute Gasteiger partial charge is 0.196 e. The number of likely N-dealkylation sites (N-methyl/N-ethyl adjacent to an activating group) is 1. The summed E-state index contributed by atoms with van der Waals surface area (Å²) in [5.74, 6) is 2.59. The molecule has 1 saturated heterocycles. The van der Waals surface area contributed by atoms with Crippen LogP contribution in [0.2, 0.25) is 0 Å². The van der Waals surface area contributed by atoms with E-state index in [1.807, 2.05) is 30.5 Å². The first-order valence-electron chi connectivity index (χ1n) is 11.3. The number of pyridine rings is 1. The Kier molecular flexibility index (Phi) is 12.3. The zero-order valence-electron chi connectivity index (χ0n) is 19.9. The van der Waals surface area contributed by atoms with Crippen LogP contribution in [0.1, 0.15) is 18.9 Å². The maximum absolute atomic E-state index is 5.79. The van der Waals surface area contributed by atoms with Gasteiger partial charge in [0.1, 0.15) is 11.6 Å². The van der Waals surface area contributed by atoms with E-state index in [2.05, 4.69) is 51.5 Å². The van der Waals surface area contributed by atoms with E-state index in [1.54, 1.807) is 7.11 Å². The van der Waals surface area contributed by atoms with Crippen LogP contribution in [-0.4, -0.2) is 75.9 Å². The van der Waals surface area contributed by atoms with E-state index in [0.717, 1.165) is 67.9 Å². The molecule has 0 amide bonds. The highest BCUT2D eigenvalue weighted by atomic mass is 127. The average Bonchev–Trinajstić information content (AvgIpc) is 2.82. The summed E-state index contributed by atoms with van der Waals surface area (Å²) in [7, 11) is 3.86. The van der Waals surface area contributed by atoms with E-state index < -0.39 is 0 Å². The molecule has 0 atom stereocenters. The van der Waals surface area contributed by atoms with Gasteiger partial charge in [0.05, 0.1) is 13.2 Å². The van der Waals surface area contributed by atoms with Crippen molar-refractivity contribution in [2.24, 2.45) is 4.99 Å². The second-order valence-corrected chi connectivity index (χ2v) is 7.86. The maximum atomic E-state index is 5.79. The Morgan fingerprint density at radius 3 is 2.64 bits per heavy atom. The zero-order valence-corrected chi connectivity index (χ0v) is 22.2. The summed E-state index contributed by atoms with van der Waals surface area (Å²) < 4.78 is 10.9. The number of nitrogens with zero attached hydrogens (tertiary/aromatic N) is 4. The van der Waals surface area contributed by atoms with Crippen LogP contribution < -0.4 is 20.3 Å². The molecule has 9 heteroatoms. The van der Waals surface area contributed by atoms with Crippen LogP contribution >= 0.6 is 24.0 Å². The standard InChI is InChI=1S/C24H36N6O2.HI/c1-4-25-24(28-21-7-5-8-22(17-21)32-16-6-15-31-3)27-19-20-9-10-23(26-18-20)30-13-11-29(2)12-14-30;/h5,7-10,17-18H,4,6,11-16,19H2,1-3H3,(H2,25,27,28);1H. The molecule has 2 N–H and O–H groups in total. The number of rotatable bonds is 10. The molecule has 1 aliphatic heterocycles. The molecule has 33 heavy (non-hydrogen) atoms. The van der Waals surface area contributed by atoms with Crippen molar-refractivity contribution < 1.29 is 9.47 Å². The van der Waals surface area contributed by atoms with Gasteiger partial charge in [-0.3, -0.25) is 0 Å². The first-order valence-corrected chi connectivity index (χ1v) is 11.3. The fourth-order valence-corrected chi connectivity index (χ4v) is 3.40. The lowest BCUT2D eigenvalue weighted by Gasteiger charge is -2.33. The number of hydrogen-bond acceptors (Lipinski definition) is 6. The van der Waals surface area contributed by atoms with Gasteiger partial charge < -0.3 is 29.9 Å². The van der Waals surface area contributed by atoms with Crippen molar-refractivity contribution in [2.75, 3.05) is 70.3 Å². The second-order valence-electron chi connectivity index (χ2n) is 7.86. The van der Waals surface area contributed by atoms with Crippen LogP contribution in [-0.2, 0) is 11.3 Å². The van der Waals surface area contributed by atoms with Crippen LogP contribution in [0.4, 0.5) is 11.5 Å². The number of ether oxygens (including phenoxy) is 2. The Balaban J connectivity index is 0.00000385. The topological polar surface area (TPSA) is 74.3 Å². The number of benzene rings is 1. The largest absolute Gasteiger partial charge is 0.493 e. The highest BCUT2D eigenvalue weighted by Gasteiger charge is 2.14. The Morgan fingerprint density at radius 2 is 1.94 bits per heavy atom. The molecule has 2 heterocycles. The Morgan fingerprint density at radius 1 is 1.12 bits per heavy atom. The third-order valence-electron chi connectivity index (χ3n) is 5.26. The van der Waals surface area contributed by atoms with Gasteiger partial charge in [0.15, 0.2) is 5.96 Å². The molecular formula is C24H37IN6O2. The van der Waals surface area contributed by atoms with E-state index in [0.29, 0.717) is 19.8 Å². The molecule has 182 valence electrons. The van der Waals surface area contributed by atoms with Crippen molar-refractivity contribution in [2.45, 2.75) is 19.9 Å². The fraction of sp³-hybridized carbons (Fsp3) is 0.500. The average molecular weight is 569 g/mol. The van der Waals surface area contributed by atoms with E-state index in [9.17, 15) is 0 Å². The Bertz CT molecular complexity index is 841. The molecular weight excluding hydrogens is 531 g/mol. The van der Waals surface area contributed by atoms with Crippen LogP contribution in [0.3, 0.4) is 0 Å². The van der Waals surface area contributed by atoms with Gasteiger partial charge in [-0.2, -0.15) is 0 Å². The summed E-state index contributed by atoms with van der Waals surface area (Å²) >= 11 is 0. The van der Waals surface area contributed by atoms with Gasteiger partial charge in [-0.05, 0) is 37.7 Å². The monoisotopic (exact) mass is 568 g/mol. The van der Waals surface area contributed by atoms with E-state index in [-0.39, 0.29) is 24.0 Å². The number of piperazine rings is 1. The first-order chi connectivity index (χ1) is 15.7. The first kappa shape index (κ1) is 27.1. The van der Waals surface area contributed by atoms with Crippen LogP contribution in [0.5, 0.6) is 5.75 Å². The lowest BCUT2D eigenvalue weighted by Crippen LogP contribution is -2.44. The van der Waals surface area contributed by atoms with Gasteiger partial charge in [0.2, 0.25) is 0 Å². The molecule has 1 aromatic carbocycles. The van der Waals surface area contributed by atoms with Crippen molar-refractivity contribution in [1.29, 1.82) is 0 Å². The molecule has 1 fully saturated rings. The Hall–Kier alpha value is -2.11. The second kappa shape index (κ2) is 14.9.